The number of benzene rings is 1. The van der Waals surface area contributed by atoms with E-state index in [9.17, 15) is 9.18 Å². The van der Waals surface area contributed by atoms with Crippen molar-refractivity contribution in [3.8, 4) is 0 Å². The predicted octanol–water partition coefficient (Wildman–Crippen LogP) is 4.59. The number of alkyl halides is 2. The molecule has 2 N–H and O–H groups in total. The van der Waals surface area contributed by atoms with Gasteiger partial charge in [-0.1, -0.05) is 62.4 Å². The molecule has 3 rings (SSSR count). The number of halogens is 2. The van der Waals surface area contributed by atoms with Crippen LogP contribution in [0.4, 0.5) is 13.6 Å². The van der Waals surface area contributed by atoms with Crippen LogP contribution in [0.2, 0.25) is 0 Å². The zero-order valence-corrected chi connectivity index (χ0v) is 16.8. The van der Waals surface area contributed by atoms with E-state index in [1.807, 2.05) is 0 Å². The first kappa shape index (κ1) is 21.0. The molecule has 2 unspecified atom stereocenters. The summed E-state index contributed by atoms with van der Waals surface area (Å²) in [5.74, 6) is -1.88. The number of amides is 2. The molecule has 0 spiro atoms. The smallest absolute Gasteiger partial charge is 0.322 e. The molecule has 2 aliphatic rings. The van der Waals surface area contributed by atoms with Crippen LogP contribution < -0.4 is 5.73 Å². The van der Waals surface area contributed by atoms with Gasteiger partial charge in [0, 0.05) is 31.7 Å². The maximum absolute atomic E-state index is 16.1. The summed E-state index contributed by atoms with van der Waals surface area (Å²) >= 11 is 0. The van der Waals surface area contributed by atoms with Gasteiger partial charge in [-0.2, -0.15) is 0 Å². The van der Waals surface area contributed by atoms with Gasteiger partial charge in [-0.25, -0.2) is 13.6 Å². The van der Waals surface area contributed by atoms with Crippen LogP contribution in [0.5, 0.6) is 0 Å². The van der Waals surface area contributed by atoms with Crippen molar-refractivity contribution in [2.24, 2.45) is 11.7 Å². The molecule has 0 radical (unpaired) electrons. The summed E-state index contributed by atoms with van der Waals surface area (Å²) < 4.78 is 30.9. The molecule has 1 saturated carbocycles. The third kappa shape index (κ3) is 4.17. The Hall–Kier alpha value is -1.69. The van der Waals surface area contributed by atoms with E-state index in [1.165, 1.54) is 19.3 Å². The summed E-state index contributed by atoms with van der Waals surface area (Å²) in [6.07, 6.45) is 5.68. The number of nitrogens with zero attached hydrogens (tertiary/aromatic N) is 2. The largest absolute Gasteiger partial charge is 0.328 e. The Morgan fingerprint density at radius 1 is 1.21 bits per heavy atom. The fourth-order valence-electron chi connectivity index (χ4n) is 4.76. The number of hydrogen-bond donors (Lipinski definition) is 1. The molecule has 2 amide bonds. The topological polar surface area (TPSA) is 49.6 Å². The molecule has 1 aromatic rings. The Balaban J connectivity index is 1.79. The van der Waals surface area contributed by atoms with Crippen molar-refractivity contribution in [1.82, 2.24) is 9.80 Å². The molecule has 0 aromatic heterocycles. The van der Waals surface area contributed by atoms with Gasteiger partial charge in [0.1, 0.15) is 0 Å². The molecule has 28 heavy (non-hydrogen) atoms. The lowest BCUT2D eigenvalue weighted by atomic mass is 9.84. The van der Waals surface area contributed by atoms with Gasteiger partial charge in [-0.3, -0.25) is 4.90 Å². The van der Waals surface area contributed by atoms with Gasteiger partial charge in [0.2, 0.25) is 5.79 Å². The van der Waals surface area contributed by atoms with Crippen molar-refractivity contribution in [2.75, 3.05) is 20.1 Å². The van der Waals surface area contributed by atoms with Gasteiger partial charge in [-0.15, -0.1) is 0 Å². The SMILES string of the molecule is CN(C(=O)N1CCCC(F)C1(F)c1ccccc1)[C@H](CN)CC1CCCCC1. The average molecular weight is 394 g/mol. The molecule has 1 heterocycles. The molecule has 1 aromatic carbocycles. The van der Waals surface area contributed by atoms with Crippen molar-refractivity contribution in [3.05, 3.63) is 35.9 Å². The maximum Gasteiger partial charge on any atom is 0.322 e. The molecule has 4 nitrogen and oxygen atoms in total. The van der Waals surface area contributed by atoms with Crippen LogP contribution >= 0.6 is 0 Å². The summed E-state index contributed by atoms with van der Waals surface area (Å²) in [6.45, 7) is 0.534. The second-order valence-corrected chi connectivity index (χ2v) is 8.32. The van der Waals surface area contributed by atoms with Crippen LogP contribution in [0.3, 0.4) is 0 Å². The van der Waals surface area contributed by atoms with Crippen LogP contribution in [-0.4, -0.2) is 48.2 Å². The second kappa shape index (κ2) is 9.21. The number of hydrogen-bond acceptors (Lipinski definition) is 2. The van der Waals surface area contributed by atoms with Crippen molar-refractivity contribution in [1.29, 1.82) is 0 Å². The first-order valence-corrected chi connectivity index (χ1v) is 10.6. The van der Waals surface area contributed by atoms with Gasteiger partial charge < -0.3 is 10.6 Å². The lowest BCUT2D eigenvalue weighted by Gasteiger charge is -2.46. The first-order valence-electron chi connectivity index (χ1n) is 10.6. The number of rotatable bonds is 5. The van der Waals surface area contributed by atoms with Gasteiger partial charge in [0.05, 0.1) is 0 Å². The lowest BCUT2D eigenvalue weighted by Crippen LogP contribution is -2.60. The van der Waals surface area contributed by atoms with E-state index in [0.29, 0.717) is 18.9 Å². The summed E-state index contributed by atoms with van der Waals surface area (Å²) in [7, 11) is 1.68. The van der Waals surface area contributed by atoms with E-state index >= 15 is 4.39 Å². The van der Waals surface area contributed by atoms with Crippen LogP contribution in [0, 0.1) is 5.92 Å². The molecule has 156 valence electrons. The Bertz CT molecular complexity index is 638. The number of likely N-dealkylation sites (tertiary alicyclic amines) is 1. The molecule has 3 atom stereocenters. The van der Waals surface area contributed by atoms with E-state index in [2.05, 4.69) is 0 Å². The fraction of sp³-hybridized carbons (Fsp3) is 0.682. The van der Waals surface area contributed by atoms with E-state index in [0.717, 1.165) is 24.2 Å². The highest BCUT2D eigenvalue weighted by Crippen LogP contribution is 2.42. The third-order valence-electron chi connectivity index (χ3n) is 6.51. The highest BCUT2D eigenvalue weighted by atomic mass is 19.2. The minimum absolute atomic E-state index is 0.112. The number of likely N-dealkylation sites (N-methyl/N-ethyl adjacent to an activating group) is 1. The predicted molar refractivity (Wildman–Crippen MR) is 107 cm³/mol. The summed E-state index contributed by atoms with van der Waals surface area (Å²) in [5, 5.41) is 0. The number of carbonyl (C=O) groups is 1. The van der Waals surface area contributed by atoms with Crippen molar-refractivity contribution >= 4 is 6.03 Å². The molecule has 1 saturated heterocycles. The molecule has 1 aliphatic heterocycles. The van der Waals surface area contributed by atoms with E-state index in [-0.39, 0.29) is 24.6 Å². The molecule has 6 heteroatoms. The van der Waals surface area contributed by atoms with Crippen LogP contribution in [0.15, 0.2) is 30.3 Å². The van der Waals surface area contributed by atoms with Gasteiger partial charge in [0.25, 0.3) is 0 Å². The number of urea groups is 1. The minimum atomic E-state index is -2.44. The Kier molecular flexibility index (Phi) is 6.91. The average Bonchev–Trinajstić information content (AvgIpc) is 2.74. The number of nitrogens with two attached hydrogens (primary N) is 1. The Morgan fingerprint density at radius 2 is 1.89 bits per heavy atom. The standard InChI is InChI=1S/C22H33F2N3O/c1-26(19(16-25)15-17-9-4-2-5-10-17)21(28)27-14-8-13-20(23)22(27,24)18-11-6-3-7-12-18/h3,6-7,11-12,17,19-20H,2,4-5,8-10,13-16,25H2,1H3/t19-,20?,22?/m0/s1. The zero-order chi connectivity index (χ0) is 20.1. The van der Waals surface area contributed by atoms with Crippen LogP contribution in [0.25, 0.3) is 0 Å². The van der Waals surface area contributed by atoms with Gasteiger partial charge in [0.15, 0.2) is 6.17 Å². The summed E-state index contributed by atoms with van der Waals surface area (Å²) in [6, 6.07) is 7.60. The first-order chi connectivity index (χ1) is 13.5. The molecule has 1 aliphatic carbocycles. The van der Waals surface area contributed by atoms with Crippen molar-refractivity contribution in [3.63, 3.8) is 0 Å². The van der Waals surface area contributed by atoms with Gasteiger partial charge in [-0.05, 0) is 25.2 Å². The van der Waals surface area contributed by atoms with Crippen LogP contribution in [-0.2, 0) is 5.79 Å². The monoisotopic (exact) mass is 393 g/mol. The molecule has 0 bridgehead atoms. The highest BCUT2D eigenvalue weighted by molar-refractivity contribution is 5.76. The van der Waals surface area contributed by atoms with Crippen LogP contribution in [0.1, 0.15) is 56.9 Å². The summed E-state index contributed by atoms with van der Waals surface area (Å²) in [4.78, 5) is 15.9. The molecule has 2 fully saturated rings. The van der Waals surface area contributed by atoms with E-state index < -0.39 is 18.0 Å². The molecular weight excluding hydrogens is 360 g/mol. The lowest BCUT2D eigenvalue weighted by molar-refractivity contribution is -0.105. The quantitative estimate of drug-likeness (QED) is 0.744. The van der Waals surface area contributed by atoms with E-state index in [1.54, 1.807) is 42.3 Å². The number of piperidine rings is 1. The Labute approximate surface area is 167 Å². The zero-order valence-electron chi connectivity index (χ0n) is 16.8. The normalized spacial score (nSPS) is 27.4. The highest BCUT2D eigenvalue weighted by Gasteiger charge is 2.52. The third-order valence-corrected chi connectivity index (χ3v) is 6.51. The second-order valence-electron chi connectivity index (χ2n) is 8.32. The summed E-state index contributed by atoms with van der Waals surface area (Å²) in [5.41, 5.74) is 6.18. The van der Waals surface area contributed by atoms with Gasteiger partial charge >= 0.3 is 6.03 Å². The Morgan fingerprint density at radius 3 is 2.54 bits per heavy atom. The van der Waals surface area contributed by atoms with Crippen molar-refractivity contribution < 1.29 is 13.6 Å². The molecular formula is C22H33F2N3O. The van der Waals surface area contributed by atoms with Crippen molar-refractivity contribution in [2.45, 2.75) is 69.4 Å². The fourth-order valence-corrected chi connectivity index (χ4v) is 4.76. The maximum atomic E-state index is 16.1. The van der Waals surface area contributed by atoms with E-state index in [4.69, 9.17) is 5.73 Å². The minimum Gasteiger partial charge on any atom is -0.328 e. The number of carbonyl (C=O) groups excluding carboxylic acids is 1.